The molecule has 1 N–H and O–H groups in total. The van der Waals surface area contributed by atoms with Crippen molar-refractivity contribution in [3.05, 3.63) is 27.1 Å². The van der Waals surface area contributed by atoms with Gasteiger partial charge < -0.3 is 10.1 Å². The van der Waals surface area contributed by atoms with E-state index in [0.717, 1.165) is 17.8 Å². The molecule has 0 saturated carbocycles. The first-order valence-corrected chi connectivity index (χ1v) is 5.48. The maximum Gasteiger partial charge on any atom is 0.324 e. The quantitative estimate of drug-likeness (QED) is 0.466. The van der Waals surface area contributed by atoms with E-state index in [-0.39, 0.29) is 10.9 Å². The summed E-state index contributed by atoms with van der Waals surface area (Å²) in [6.45, 7) is 1.07. The van der Waals surface area contributed by atoms with Crippen molar-refractivity contribution >= 4 is 22.2 Å². The Labute approximate surface area is 96.4 Å². The highest BCUT2D eigenvalue weighted by atomic mass is 32.1. The van der Waals surface area contributed by atoms with Gasteiger partial charge in [-0.05, 0) is 12.5 Å². The zero-order chi connectivity index (χ0) is 12.0. The first-order valence-electron chi connectivity index (χ1n) is 4.66. The van der Waals surface area contributed by atoms with Crippen LogP contribution in [0.25, 0.3) is 0 Å². The van der Waals surface area contributed by atoms with Gasteiger partial charge >= 0.3 is 5.00 Å². The summed E-state index contributed by atoms with van der Waals surface area (Å²) in [5.74, 6) is -0.283. The average molecular weight is 244 g/mol. The molecule has 88 valence electrons. The largest absolute Gasteiger partial charge is 0.385 e. The Bertz CT molecular complexity index is 377. The van der Waals surface area contributed by atoms with Crippen LogP contribution in [0.4, 0.5) is 5.00 Å². The summed E-state index contributed by atoms with van der Waals surface area (Å²) in [5.41, 5.74) is 0. The summed E-state index contributed by atoms with van der Waals surface area (Å²) in [5, 5.41) is 13.0. The van der Waals surface area contributed by atoms with Crippen LogP contribution in [-0.2, 0) is 4.74 Å². The van der Waals surface area contributed by atoms with Gasteiger partial charge in [-0.2, -0.15) is 0 Å². The second-order valence-corrected chi connectivity index (χ2v) is 4.06. The fourth-order valence-corrected chi connectivity index (χ4v) is 1.79. The van der Waals surface area contributed by atoms with Gasteiger partial charge in [-0.3, -0.25) is 14.9 Å². The van der Waals surface area contributed by atoms with Crippen LogP contribution in [0.5, 0.6) is 0 Å². The van der Waals surface area contributed by atoms with Crippen LogP contribution in [0.15, 0.2) is 12.1 Å². The molecule has 0 aliphatic rings. The van der Waals surface area contributed by atoms with Gasteiger partial charge in [0.1, 0.15) is 0 Å². The van der Waals surface area contributed by atoms with E-state index in [1.54, 1.807) is 7.11 Å². The maximum absolute atomic E-state index is 11.5. The second kappa shape index (κ2) is 6.19. The van der Waals surface area contributed by atoms with E-state index in [0.29, 0.717) is 18.0 Å². The average Bonchev–Trinajstić information content (AvgIpc) is 2.73. The molecular formula is C9H12N2O4S. The molecule has 1 amide bonds. The molecule has 7 heteroatoms. The molecule has 1 heterocycles. The molecule has 0 bridgehead atoms. The third kappa shape index (κ3) is 3.59. The molecule has 0 aliphatic heterocycles. The molecule has 0 spiro atoms. The van der Waals surface area contributed by atoms with Gasteiger partial charge in [-0.15, -0.1) is 0 Å². The van der Waals surface area contributed by atoms with E-state index < -0.39 is 4.92 Å². The van der Waals surface area contributed by atoms with Crippen LogP contribution in [0, 0.1) is 10.1 Å². The normalized spacial score (nSPS) is 10.1. The van der Waals surface area contributed by atoms with Crippen LogP contribution < -0.4 is 5.32 Å². The third-order valence-electron chi connectivity index (χ3n) is 1.81. The van der Waals surface area contributed by atoms with Crippen LogP contribution in [-0.4, -0.2) is 31.1 Å². The summed E-state index contributed by atoms with van der Waals surface area (Å²) in [6, 6.07) is 2.78. The number of carbonyl (C=O) groups is 1. The lowest BCUT2D eigenvalue weighted by Crippen LogP contribution is -2.24. The predicted octanol–water partition coefficient (Wildman–Crippen LogP) is 1.42. The number of nitrogens with one attached hydrogen (secondary N) is 1. The van der Waals surface area contributed by atoms with Crippen molar-refractivity contribution < 1.29 is 14.5 Å². The van der Waals surface area contributed by atoms with Crippen molar-refractivity contribution in [3.63, 3.8) is 0 Å². The topological polar surface area (TPSA) is 81.5 Å². The number of nitro groups is 1. The SMILES string of the molecule is COCCCNC(=O)c1ccc([N+](=O)[O-])s1. The molecule has 6 nitrogen and oxygen atoms in total. The van der Waals surface area contributed by atoms with Gasteiger partial charge in [0.15, 0.2) is 0 Å². The molecule has 0 unspecified atom stereocenters. The van der Waals surface area contributed by atoms with E-state index >= 15 is 0 Å². The first-order chi connectivity index (χ1) is 7.65. The molecule has 1 rings (SSSR count). The van der Waals surface area contributed by atoms with E-state index in [1.165, 1.54) is 12.1 Å². The van der Waals surface area contributed by atoms with Gasteiger partial charge in [-0.25, -0.2) is 0 Å². The van der Waals surface area contributed by atoms with Crippen LogP contribution in [0.1, 0.15) is 16.1 Å². The first kappa shape index (κ1) is 12.6. The minimum absolute atomic E-state index is 0.0259. The number of hydrogen-bond donors (Lipinski definition) is 1. The van der Waals surface area contributed by atoms with Gasteiger partial charge in [0.2, 0.25) is 0 Å². The highest BCUT2D eigenvalue weighted by Gasteiger charge is 2.14. The van der Waals surface area contributed by atoms with Crippen molar-refractivity contribution in [1.29, 1.82) is 0 Å². The van der Waals surface area contributed by atoms with Gasteiger partial charge in [0, 0.05) is 26.3 Å². The van der Waals surface area contributed by atoms with Crippen LogP contribution >= 0.6 is 11.3 Å². The van der Waals surface area contributed by atoms with E-state index in [9.17, 15) is 14.9 Å². The van der Waals surface area contributed by atoms with Crippen molar-refractivity contribution in [2.75, 3.05) is 20.3 Å². The van der Waals surface area contributed by atoms with E-state index in [2.05, 4.69) is 5.32 Å². The van der Waals surface area contributed by atoms with Gasteiger partial charge in [0.05, 0.1) is 9.80 Å². The summed E-state index contributed by atoms with van der Waals surface area (Å²) in [7, 11) is 1.59. The Morgan fingerprint density at radius 3 is 2.94 bits per heavy atom. The van der Waals surface area contributed by atoms with Crippen molar-refractivity contribution in [2.45, 2.75) is 6.42 Å². The number of nitrogens with zero attached hydrogens (tertiary/aromatic N) is 1. The highest BCUT2D eigenvalue weighted by Crippen LogP contribution is 2.23. The minimum Gasteiger partial charge on any atom is -0.385 e. The number of hydrogen-bond acceptors (Lipinski definition) is 5. The van der Waals surface area contributed by atoms with E-state index in [4.69, 9.17) is 4.74 Å². The second-order valence-electron chi connectivity index (χ2n) is 3.00. The smallest absolute Gasteiger partial charge is 0.324 e. The molecule has 0 radical (unpaired) electrons. The fourth-order valence-electron chi connectivity index (χ4n) is 1.05. The Balaban J connectivity index is 2.43. The third-order valence-corrected chi connectivity index (χ3v) is 2.84. The fraction of sp³-hybridized carbons (Fsp3) is 0.444. The number of ether oxygens (including phenoxy) is 1. The van der Waals surface area contributed by atoms with E-state index in [1.807, 2.05) is 0 Å². The van der Waals surface area contributed by atoms with Gasteiger partial charge in [-0.1, -0.05) is 11.3 Å². The minimum atomic E-state index is -0.508. The predicted molar refractivity (Wildman–Crippen MR) is 59.8 cm³/mol. The Hall–Kier alpha value is -1.47. The summed E-state index contributed by atoms with van der Waals surface area (Å²) < 4.78 is 4.83. The summed E-state index contributed by atoms with van der Waals surface area (Å²) >= 11 is 0.871. The van der Waals surface area contributed by atoms with Crippen molar-refractivity contribution in [2.24, 2.45) is 0 Å². The molecule has 0 fully saturated rings. The Morgan fingerprint density at radius 2 is 2.38 bits per heavy atom. The zero-order valence-corrected chi connectivity index (χ0v) is 9.58. The standard InChI is InChI=1S/C9H12N2O4S/c1-15-6-2-5-10-9(12)7-3-4-8(16-7)11(13)14/h3-4H,2,5-6H2,1H3,(H,10,12). The van der Waals surface area contributed by atoms with Crippen LogP contribution in [0.3, 0.4) is 0 Å². The number of carbonyl (C=O) groups excluding carboxylic acids is 1. The molecule has 0 atom stereocenters. The monoisotopic (exact) mass is 244 g/mol. The number of amides is 1. The molecule has 16 heavy (non-hydrogen) atoms. The summed E-state index contributed by atoms with van der Waals surface area (Å²) in [6.07, 6.45) is 0.718. The lowest BCUT2D eigenvalue weighted by Gasteiger charge is -2.01. The number of thiophene rings is 1. The summed E-state index contributed by atoms with van der Waals surface area (Å²) in [4.78, 5) is 21.7. The van der Waals surface area contributed by atoms with Crippen molar-refractivity contribution in [1.82, 2.24) is 5.32 Å². The number of methoxy groups -OCH3 is 1. The maximum atomic E-state index is 11.5. The number of rotatable bonds is 6. The molecule has 0 aliphatic carbocycles. The highest BCUT2D eigenvalue weighted by molar-refractivity contribution is 7.17. The zero-order valence-electron chi connectivity index (χ0n) is 8.76. The Morgan fingerprint density at radius 1 is 1.62 bits per heavy atom. The van der Waals surface area contributed by atoms with Crippen molar-refractivity contribution in [3.8, 4) is 0 Å². The lowest BCUT2D eigenvalue weighted by atomic mass is 10.4. The molecule has 0 saturated heterocycles. The molecular weight excluding hydrogens is 232 g/mol. The van der Waals surface area contributed by atoms with Gasteiger partial charge in [0.25, 0.3) is 5.91 Å². The molecule has 0 aromatic carbocycles. The molecule has 1 aromatic rings. The lowest BCUT2D eigenvalue weighted by molar-refractivity contribution is -0.380. The Kier molecular flexibility index (Phi) is 4.87. The molecule has 1 aromatic heterocycles. The van der Waals surface area contributed by atoms with Crippen LogP contribution in [0.2, 0.25) is 0 Å².